The molecule has 0 aliphatic rings. The Labute approximate surface area is 121 Å². The number of aromatic nitrogens is 2. The van der Waals surface area contributed by atoms with E-state index in [-0.39, 0.29) is 11.9 Å². The molecular weight excluding hydrogens is 268 g/mol. The van der Waals surface area contributed by atoms with Crippen LogP contribution in [-0.2, 0) is 11.2 Å². The number of hydrogen-bond donors (Lipinski definition) is 3. The molecule has 0 radical (unpaired) electrons. The number of nitrogens with one attached hydrogen (secondary N) is 2. The fourth-order valence-corrected chi connectivity index (χ4v) is 2.24. The van der Waals surface area contributed by atoms with Crippen molar-refractivity contribution < 1.29 is 9.21 Å². The Morgan fingerprint density at radius 2 is 2.29 bits per heavy atom. The van der Waals surface area contributed by atoms with Crippen LogP contribution in [0.1, 0.15) is 11.3 Å². The van der Waals surface area contributed by atoms with Crippen molar-refractivity contribution in [1.29, 1.82) is 0 Å². The first-order chi connectivity index (χ1) is 10.1. The molecule has 108 valence electrons. The maximum atomic E-state index is 12.0. The second-order valence-electron chi connectivity index (χ2n) is 4.95. The average molecular weight is 284 g/mol. The fraction of sp³-hybridized carbons (Fsp3) is 0.200. The molecule has 0 fully saturated rings. The number of aromatic amines is 1. The first kappa shape index (κ1) is 13.4. The van der Waals surface area contributed by atoms with Crippen molar-refractivity contribution in [2.24, 2.45) is 5.73 Å². The lowest BCUT2D eigenvalue weighted by molar-refractivity contribution is -0.117. The molecule has 0 aliphatic heterocycles. The highest BCUT2D eigenvalue weighted by Crippen LogP contribution is 2.19. The predicted octanol–water partition coefficient (Wildman–Crippen LogP) is 1.97. The van der Waals surface area contributed by atoms with Crippen LogP contribution < -0.4 is 11.1 Å². The van der Waals surface area contributed by atoms with E-state index in [1.807, 2.05) is 30.5 Å². The molecule has 1 atom stereocenters. The first-order valence-electron chi connectivity index (χ1n) is 6.67. The summed E-state index contributed by atoms with van der Waals surface area (Å²) in [5.41, 5.74) is 8.70. The van der Waals surface area contributed by atoms with Crippen LogP contribution in [0, 0.1) is 6.92 Å². The average Bonchev–Trinajstić information content (AvgIpc) is 3.06. The largest absolute Gasteiger partial charge is 0.432 e. The summed E-state index contributed by atoms with van der Waals surface area (Å²) in [7, 11) is 0. The summed E-state index contributed by atoms with van der Waals surface area (Å²) in [5.74, 6) is -0.317. The second-order valence-corrected chi connectivity index (χ2v) is 4.95. The molecule has 6 heteroatoms. The summed E-state index contributed by atoms with van der Waals surface area (Å²) >= 11 is 0. The summed E-state index contributed by atoms with van der Waals surface area (Å²) in [6, 6.07) is 7.41. The molecule has 6 nitrogen and oxygen atoms in total. The van der Waals surface area contributed by atoms with Crippen LogP contribution in [-0.4, -0.2) is 21.9 Å². The maximum Gasteiger partial charge on any atom is 0.301 e. The van der Waals surface area contributed by atoms with E-state index < -0.39 is 6.04 Å². The SMILES string of the molecule is Cc1coc(NC(=O)[C@H](N)Cc2c[nH]c3ccccc23)n1. The van der Waals surface area contributed by atoms with Gasteiger partial charge in [-0.1, -0.05) is 18.2 Å². The molecule has 3 rings (SSSR count). The second kappa shape index (κ2) is 5.41. The van der Waals surface area contributed by atoms with Gasteiger partial charge in [-0.15, -0.1) is 0 Å². The highest BCUT2D eigenvalue weighted by Gasteiger charge is 2.17. The molecular formula is C15H16N4O2. The number of nitrogens with zero attached hydrogens (tertiary/aromatic N) is 1. The van der Waals surface area contributed by atoms with Crippen molar-refractivity contribution in [2.75, 3.05) is 5.32 Å². The van der Waals surface area contributed by atoms with Crippen LogP contribution in [0.3, 0.4) is 0 Å². The van der Waals surface area contributed by atoms with Gasteiger partial charge in [0, 0.05) is 17.1 Å². The number of hydrogen-bond acceptors (Lipinski definition) is 4. The number of nitrogens with two attached hydrogens (primary N) is 1. The van der Waals surface area contributed by atoms with Gasteiger partial charge in [-0.2, -0.15) is 4.98 Å². The Balaban J connectivity index is 1.70. The lowest BCUT2D eigenvalue weighted by Crippen LogP contribution is -2.37. The Kier molecular flexibility index (Phi) is 3.45. The number of fused-ring (bicyclic) bond motifs is 1. The number of rotatable bonds is 4. The Morgan fingerprint density at radius 1 is 1.48 bits per heavy atom. The molecule has 0 saturated heterocycles. The number of oxazole rings is 1. The molecule has 21 heavy (non-hydrogen) atoms. The third-order valence-corrected chi connectivity index (χ3v) is 3.30. The molecule has 0 bridgehead atoms. The zero-order valence-electron chi connectivity index (χ0n) is 11.6. The van der Waals surface area contributed by atoms with Gasteiger partial charge in [0.1, 0.15) is 6.26 Å². The quantitative estimate of drug-likeness (QED) is 0.682. The minimum atomic E-state index is -0.670. The normalized spacial score (nSPS) is 12.5. The van der Waals surface area contributed by atoms with E-state index in [2.05, 4.69) is 15.3 Å². The van der Waals surface area contributed by atoms with E-state index in [1.54, 1.807) is 6.92 Å². The standard InChI is InChI=1S/C15H16N4O2/c1-9-8-21-15(18-9)19-14(20)12(16)6-10-7-17-13-5-3-2-4-11(10)13/h2-5,7-8,12,17H,6,16H2,1H3,(H,18,19,20)/t12-/m1/s1. The van der Waals surface area contributed by atoms with Crippen molar-refractivity contribution in [3.8, 4) is 0 Å². The topological polar surface area (TPSA) is 96.9 Å². The molecule has 0 saturated carbocycles. The van der Waals surface area contributed by atoms with Crippen molar-refractivity contribution >= 4 is 22.8 Å². The number of H-pyrrole nitrogens is 1. The monoisotopic (exact) mass is 284 g/mol. The van der Waals surface area contributed by atoms with E-state index in [0.717, 1.165) is 16.5 Å². The first-order valence-corrected chi connectivity index (χ1v) is 6.67. The Bertz CT molecular complexity index is 775. The zero-order chi connectivity index (χ0) is 14.8. The van der Waals surface area contributed by atoms with Crippen LogP contribution >= 0.6 is 0 Å². The van der Waals surface area contributed by atoms with Crippen LogP contribution in [0.5, 0.6) is 0 Å². The molecule has 0 spiro atoms. The van der Waals surface area contributed by atoms with Gasteiger partial charge in [-0.3, -0.25) is 10.1 Å². The van der Waals surface area contributed by atoms with Gasteiger partial charge in [0.05, 0.1) is 11.7 Å². The number of amides is 1. The molecule has 2 aromatic heterocycles. The minimum absolute atomic E-state index is 0.173. The third-order valence-electron chi connectivity index (χ3n) is 3.30. The highest BCUT2D eigenvalue weighted by molar-refractivity contribution is 5.93. The molecule has 2 heterocycles. The highest BCUT2D eigenvalue weighted by atomic mass is 16.4. The molecule has 1 amide bonds. The number of aryl methyl sites for hydroxylation is 1. The van der Waals surface area contributed by atoms with Crippen molar-refractivity contribution in [3.63, 3.8) is 0 Å². The van der Waals surface area contributed by atoms with Gasteiger partial charge < -0.3 is 15.1 Å². The van der Waals surface area contributed by atoms with Gasteiger partial charge in [0.15, 0.2) is 0 Å². The van der Waals surface area contributed by atoms with Crippen LogP contribution in [0.4, 0.5) is 6.01 Å². The van der Waals surface area contributed by atoms with Crippen molar-refractivity contribution in [2.45, 2.75) is 19.4 Å². The van der Waals surface area contributed by atoms with Gasteiger partial charge in [-0.25, -0.2) is 0 Å². The van der Waals surface area contributed by atoms with Crippen LogP contribution in [0.15, 0.2) is 41.1 Å². The maximum absolute atomic E-state index is 12.0. The molecule has 3 aromatic rings. The molecule has 0 aliphatic carbocycles. The van der Waals surface area contributed by atoms with Gasteiger partial charge in [0.25, 0.3) is 0 Å². The van der Waals surface area contributed by atoms with Gasteiger partial charge >= 0.3 is 6.01 Å². The van der Waals surface area contributed by atoms with Crippen molar-refractivity contribution in [1.82, 2.24) is 9.97 Å². The number of carbonyl (C=O) groups is 1. The van der Waals surface area contributed by atoms with E-state index >= 15 is 0 Å². The zero-order valence-corrected chi connectivity index (χ0v) is 11.6. The van der Waals surface area contributed by atoms with Gasteiger partial charge in [-0.05, 0) is 25.0 Å². The number of benzene rings is 1. The number of anilines is 1. The number of carbonyl (C=O) groups excluding carboxylic acids is 1. The molecule has 4 N–H and O–H groups in total. The predicted molar refractivity (Wildman–Crippen MR) is 79.8 cm³/mol. The summed E-state index contributed by atoms with van der Waals surface area (Å²) in [4.78, 5) is 19.2. The third kappa shape index (κ3) is 2.80. The van der Waals surface area contributed by atoms with Crippen LogP contribution in [0.2, 0.25) is 0 Å². The summed E-state index contributed by atoms with van der Waals surface area (Å²) in [6.45, 7) is 1.78. The summed E-state index contributed by atoms with van der Waals surface area (Å²) in [6.07, 6.45) is 3.80. The van der Waals surface area contributed by atoms with Crippen LogP contribution in [0.25, 0.3) is 10.9 Å². The fourth-order valence-electron chi connectivity index (χ4n) is 2.24. The smallest absolute Gasteiger partial charge is 0.301 e. The molecule has 0 unspecified atom stereocenters. The lowest BCUT2D eigenvalue weighted by atomic mass is 10.1. The summed E-state index contributed by atoms with van der Waals surface area (Å²) in [5, 5.41) is 3.65. The van der Waals surface area contributed by atoms with E-state index in [9.17, 15) is 4.79 Å². The van der Waals surface area contributed by atoms with E-state index in [0.29, 0.717) is 12.1 Å². The minimum Gasteiger partial charge on any atom is -0.432 e. The Hall–Kier alpha value is -2.60. The van der Waals surface area contributed by atoms with E-state index in [4.69, 9.17) is 10.2 Å². The van der Waals surface area contributed by atoms with Gasteiger partial charge in [0.2, 0.25) is 5.91 Å². The Morgan fingerprint density at radius 3 is 3.05 bits per heavy atom. The van der Waals surface area contributed by atoms with E-state index in [1.165, 1.54) is 6.26 Å². The lowest BCUT2D eigenvalue weighted by Gasteiger charge is -2.09. The number of para-hydroxylation sites is 1. The van der Waals surface area contributed by atoms with Crippen molar-refractivity contribution in [3.05, 3.63) is 48.0 Å². The summed E-state index contributed by atoms with van der Waals surface area (Å²) < 4.78 is 5.09. The molecule has 1 aromatic carbocycles.